The molecule has 6 heteroatoms. The summed E-state index contributed by atoms with van der Waals surface area (Å²) in [4.78, 5) is 38.0. The molecular formula is C57H110O6. The zero-order valence-corrected chi connectivity index (χ0v) is 43.2. The van der Waals surface area contributed by atoms with Crippen molar-refractivity contribution in [2.45, 2.75) is 323 Å². The Hall–Kier alpha value is -1.59. The summed E-state index contributed by atoms with van der Waals surface area (Å²) < 4.78 is 16.8. The monoisotopic (exact) mass is 891 g/mol. The van der Waals surface area contributed by atoms with Crippen LogP contribution in [0.5, 0.6) is 0 Å². The first-order valence-electron chi connectivity index (χ1n) is 28.2. The second-order valence-corrected chi connectivity index (χ2v) is 20.5. The molecule has 0 amide bonds. The summed E-state index contributed by atoms with van der Waals surface area (Å²) in [5.41, 5.74) is 0. The Kier molecular flexibility index (Phi) is 48.6. The Morgan fingerprint density at radius 2 is 0.524 bits per heavy atom. The number of hydrogen-bond acceptors (Lipinski definition) is 6. The number of rotatable bonds is 51. The van der Waals surface area contributed by atoms with Gasteiger partial charge in [0.15, 0.2) is 6.10 Å². The predicted octanol–water partition coefficient (Wildman–Crippen LogP) is 18.5. The molecule has 0 saturated heterocycles. The molecule has 0 N–H and O–H groups in total. The molecule has 0 saturated carbocycles. The second kappa shape index (κ2) is 49.8. The van der Waals surface area contributed by atoms with E-state index < -0.39 is 6.10 Å². The molecule has 0 radical (unpaired) electrons. The highest BCUT2D eigenvalue weighted by molar-refractivity contribution is 5.71. The summed E-state index contributed by atoms with van der Waals surface area (Å²) >= 11 is 0. The van der Waals surface area contributed by atoms with Gasteiger partial charge in [-0.3, -0.25) is 14.4 Å². The van der Waals surface area contributed by atoms with Gasteiger partial charge in [0.25, 0.3) is 0 Å². The average molecular weight is 892 g/mol. The standard InChI is InChI=1S/C57H110O6/c1-6-7-8-9-10-11-12-22-27-32-37-42-47-55(58)61-50-54(51-62-56(59)48-43-38-33-29-24-26-31-36-41-46-53(4)5)63-57(60)49-44-39-34-28-23-20-18-16-14-13-15-17-19-21-25-30-35-40-45-52(2)3/h52-54H,6-51H2,1-5H3/t54-/m0/s1. The molecule has 63 heavy (non-hydrogen) atoms. The zero-order chi connectivity index (χ0) is 46.1. The normalized spacial score (nSPS) is 12.0. The third-order valence-corrected chi connectivity index (χ3v) is 13.0. The number of hydrogen-bond donors (Lipinski definition) is 0. The van der Waals surface area contributed by atoms with Crippen molar-refractivity contribution >= 4 is 17.9 Å². The van der Waals surface area contributed by atoms with Gasteiger partial charge < -0.3 is 14.2 Å². The van der Waals surface area contributed by atoms with E-state index in [0.29, 0.717) is 19.3 Å². The third kappa shape index (κ3) is 51.3. The minimum absolute atomic E-state index is 0.0631. The lowest BCUT2D eigenvalue weighted by Crippen LogP contribution is -2.30. The van der Waals surface area contributed by atoms with Crippen LogP contribution in [0.3, 0.4) is 0 Å². The van der Waals surface area contributed by atoms with Crippen LogP contribution in [-0.4, -0.2) is 37.2 Å². The molecule has 0 heterocycles. The van der Waals surface area contributed by atoms with Crippen LogP contribution in [0.4, 0.5) is 0 Å². The summed E-state index contributed by atoms with van der Waals surface area (Å²) in [6.07, 6.45) is 52.4. The fraction of sp³-hybridized carbons (Fsp3) is 0.947. The van der Waals surface area contributed by atoms with Crippen LogP contribution in [-0.2, 0) is 28.6 Å². The van der Waals surface area contributed by atoms with Gasteiger partial charge in [-0.05, 0) is 31.1 Å². The summed E-state index contributed by atoms with van der Waals surface area (Å²) in [6, 6.07) is 0. The van der Waals surface area contributed by atoms with Gasteiger partial charge in [-0.2, -0.15) is 0 Å². The number of carbonyl (C=O) groups is 3. The smallest absolute Gasteiger partial charge is 0.306 e. The van der Waals surface area contributed by atoms with E-state index in [4.69, 9.17) is 14.2 Å². The molecule has 0 aliphatic rings. The maximum Gasteiger partial charge on any atom is 0.306 e. The van der Waals surface area contributed by atoms with Crippen molar-refractivity contribution in [2.24, 2.45) is 11.8 Å². The lowest BCUT2D eigenvalue weighted by atomic mass is 10.0. The maximum absolute atomic E-state index is 12.8. The average Bonchev–Trinajstić information content (AvgIpc) is 3.25. The van der Waals surface area contributed by atoms with Gasteiger partial charge >= 0.3 is 17.9 Å². The van der Waals surface area contributed by atoms with E-state index >= 15 is 0 Å². The molecule has 1 atom stereocenters. The van der Waals surface area contributed by atoms with Crippen molar-refractivity contribution < 1.29 is 28.6 Å². The van der Waals surface area contributed by atoms with Crippen molar-refractivity contribution in [2.75, 3.05) is 13.2 Å². The fourth-order valence-electron chi connectivity index (χ4n) is 8.70. The molecule has 0 fully saturated rings. The van der Waals surface area contributed by atoms with E-state index in [2.05, 4.69) is 34.6 Å². The maximum atomic E-state index is 12.8. The van der Waals surface area contributed by atoms with E-state index in [1.54, 1.807) is 0 Å². The van der Waals surface area contributed by atoms with Gasteiger partial charge in [-0.15, -0.1) is 0 Å². The second-order valence-electron chi connectivity index (χ2n) is 20.5. The molecule has 6 nitrogen and oxygen atoms in total. The molecule has 0 aliphatic heterocycles. The Labute approximate surface area is 393 Å². The highest BCUT2D eigenvalue weighted by Crippen LogP contribution is 2.18. The van der Waals surface area contributed by atoms with Crippen molar-refractivity contribution in [3.05, 3.63) is 0 Å². The van der Waals surface area contributed by atoms with Gasteiger partial charge in [0, 0.05) is 19.3 Å². The molecule has 374 valence electrons. The number of esters is 3. The van der Waals surface area contributed by atoms with Gasteiger partial charge in [-0.1, -0.05) is 279 Å². The van der Waals surface area contributed by atoms with Gasteiger partial charge in [0.2, 0.25) is 0 Å². The van der Waals surface area contributed by atoms with E-state index in [9.17, 15) is 14.4 Å². The molecule has 0 unspecified atom stereocenters. The van der Waals surface area contributed by atoms with Gasteiger partial charge in [0.05, 0.1) is 0 Å². The molecule has 0 aromatic heterocycles. The predicted molar refractivity (Wildman–Crippen MR) is 270 cm³/mol. The quantitative estimate of drug-likeness (QED) is 0.0344. The number of carbonyl (C=O) groups excluding carboxylic acids is 3. The van der Waals surface area contributed by atoms with Crippen molar-refractivity contribution in [3.63, 3.8) is 0 Å². The fourth-order valence-corrected chi connectivity index (χ4v) is 8.70. The van der Waals surface area contributed by atoms with Crippen LogP contribution >= 0.6 is 0 Å². The molecule has 0 bridgehead atoms. The molecule has 0 aromatic rings. The molecule has 0 aromatic carbocycles. The zero-order valence-electron chi connectivity index (χ0n) is 43.2. The van der Waals surface area contributed by atoms with Crippen LogP contribution < -0.4 is 0 Å². The van der Waals surface area contributed by atoms with Gasteiger partial charge in [-0.25, -0.2) is 0 Å². The van der Waals surface area contributed by atoms with E-state index in [-0.39, 0.29) is 31.1 Å². The molecule has 0 aliphatic carbocycles. The van der Waals surface area contributed by atoms with Crippen LogP contribution in [0, 0.1) is 11.8 Å². The number of unbranched alkanes of at least 4 members (excludes halogenated alkanes) is 36. The molecule has 0 spiro atoms. The van der Waals surface area contributed by atoms with Crippen LogP contribution in [0.2, 0.25) is 0 Å². The highest BCUT2D eigenvalue weighted by Gasteiger charge is 2.19. The van der Waals surface area contributed by atoms with E-state index in [1.807, 2.05) is 0 Å². The van der Waals surface area contributed by atoms with Crippen LogP contribution in [0.25, 0.3) is 0 Å². The first kappa shape index (κ1) is 61.4. The van der Waals surface area contributed by atoms with Crippen molar-refractivity contribution in [1.82, 2.24) is 0 Å². The van der Waals surface area contributed by atoms with Crippen LogP contribution in [0.1, 0.15) is 317 Å². The minimum atomic E-state index is -0.762. The summed E-state index contributed by atoms with van der Waals surface area (Å²) in [6.45, 7) is 11.4. The Morgan fingerprint density at radius 3 is 0.778 bits per heavy atom. The summed E-state index contributed by atoms with van der Waals surface area (Å²) in [7, 11) is 0. The first-order valence-corrected chi connectivity index (χ1v) is 28.2. The summed E-state index contributed by atoms with van der Waals surface area (Å²) in [5.74, 6) is 0.824. The lowest BCUT2D eigenvalue weighted by molar-refractivity contribution is -0.167. The van der Waals surface area contributed by atoms with E-state index in [0.717, 1.165) is 69.6 Å². The topological polar surface area (TPSA) is 78.9 Å². The lowest BCUT2D eigenvalue weighted by Gasteiger charge is -2.18. The summed E-state index contributed by atoms with van der Waals surface area (Å²) in [5, 5.41) is 0. The highest BCUT2D eigenvalue weighted by atomic mass is 16.6. The minimum Gasteiger partial charge on any atom is -0.462 e. The molecular weight excluding hydrogens is 781 g/mol. The Morgan fingerprint density at radius 1 is 0.302 bits per heavy atom. The molecule has 0 rings (SSSR count). The largest absolute Gasteiger partial charge is 0.462 e. The van der Waals surface area contributed by atoms with Gasteiger partial charge in [0.1, 0.15) is 13.2 Å². The first-order chi connectivity index (χ1) is 30.7. The SMILES string of the molecule is CCCCCCCCCCCCCCC(=O)OC[C@@H](COC(=O)CCCCCCCCCCCC(C)C)OC(=O)CCCCCCCCCCCCCCCCCCCCC(C)C. The van der Waals surface area contributed by atoms with Crippen LogP contribution in [0.15, 0.2) is 0 Å². The Bertz CT molecular complexity index is 962. The van der Waals surface area contributed by atoms with E-state index in [1.165, 1.54) is 205 Å². The Balaban J connectivity index is 4.24. The number of ether oxygens (including phenoxy) is 3. The third-order valence-electron chi connectivity index (χ3n) is 13.0. The van der Waals surface area contributed by atoms with Crippen molar-refractivity contribution in [3.8, 4) is 0 Å². The van der Waals surface area contributed by atoms with Crippen molar-refractivity contribution in [1.29, 1.82) is 0 Å².